The number of alkyl carbamates (subject to hydrolysis) is 1. The molecule has 0 saturated carbocycles. The Kier molecular flexibility index (Phi) is 8.96. The summed E-state index contributed by atoms with van der Waals surface area (Å²) in [5.74, 6) is 2.22. The molecule has 1 aliphatic heterocycles. The maximum absolute atomic E-state index is 12.2. The quantitative estimate of drug-likeness (QED) is 0.469. The van der Waals surface area contributed by atoms with Crippen molar-refractivity contribution in [3.8, 4) is 0 Å². The van der Waals surface area contributed by atoms with Crippen LogP contribution in [0.1, 0.15) is 38.9 Å². The van der Waals surface area contributed by atoms with E-state index in [1.807, 2.05) is 24.3 Å². The second-order valence-electron chi connectivity index (χ2n) is 7.98. The molecule has 1 aromatic carbocycles. The van der Waals surface area contributed by atoms with Crippen molar-refractivity contribution in [3.63, 3.8) is 0 Å². The van der Waals surface area contributed by atoms with Crippen LogP contribution in [0.5, 0.6) is 0 Å². The summed E-state index contributed by atoms with van der Waals surface area (Å²) in [5, 5.41) is 6.46. The Morgan fingerprint density at radius 3 is 2.93 bits per heavy atom. The van der Waals surface area contributed by atoms with Crippen molar-refractivity contribution in [1.29, 1.82) is 0 Å². The molecule has 1 aromatic heterocycles. The van der Waals surface area contributed by atoms with Gasteiger partial charge in [-0.3, -0.25) is 0 Å². The number of carbonyl (C=O) groups is 1. The molecule has 0 aliphatic carbocycles. The van der Waals surface area contributed by atoms with Gasteiger partial charge in [0.2, 0.25) is 0 Å². The molecule has 1 saturated heterocycles. The second-order valence-corrected chi connectivity index (χ2v) is 9.03. The van der Waals surface area contributed by atoms with E-state index in [2.05, 4.69) is 36.6 Å². The van der Waals surface area contributed by atoms with Gasteiger partial charge in [0.05, 0.1) is 18.1 Å². The van der Waals surface area contributed by atoms with Crippen molar-refractivity contribution in [2.45, 2.75) is 55.9 Å². The van der Waals surface area contributed by atoms with Crippen molar-refractivity contribution in [3.05, 3.63) is 48.4 Å². The Balaban J connectivity index is 1.47. The summed E-state index contributed by atoms with van der Waals surface area (Å²) < 4.78 is 16.3. The van der Waals surface area contributed by atoms with Gasteiger partial charge in [-0.05, 0) is 55.5 Å². The molecule has 6 nitrogen and oxygen atoms in total. The third-order valence-corrected chi connectivity index (χ3v) is 5.87. The number of nitrogens with one attached hydrogen (secondary N) is 2. The van der Waals surface area contributed by atoms with Crippen LogP contribution in [0.2, 0.25) is 0 Å². The highest BCUT2D eigenvalue weighted by atomic mass is 32.2. The molecule has 2 atom stereocenters. The molecule has 30 heavy (non-hydrogen) atoms. The van der Waals surface area contributed by atoms with Crippen LogP contribution in [0.4, 0.5) is 10.5 Å². The predicted molar refractivity (Wildman–Crippen MR) is 120 cm³/mol. The molecular formula is C23H32N2O4S. The molecule has 1 aliphatic rings. The maximum atomic E-state index is 12.2. The zero-order chi connectivity index (χ0) is 21.2. The van der Waals surface area contributed by atoms with Crippen molar-refractivity contribution >= 4 is 23.5 Å². The van der Waals surface area contributed by atoms with E-state index >= 15 is 0 Å². The normalized spacial score (nSPS) is 17.1. The van der Waals surface area contributed by atoms with E-state index in [4.69, 9.17) is 13.9 Å². The molecule has 2 N–H and O–H groups in total. The van der Waals surface area contributed by atoms with E-state index in [1.165, 1.54) is 4.90 Å². The van der Waals surface area contributed by atoms with Crippen LogP contribution in [0, 0.1) is 5.92 Å². The molecule has 1 fully saturated rings. The van der Waals surface area contributed by atoms with Crippen molar-refractivity contribution in [2.75, 3.05) is 25.1 Å². The van der Waals surface area contributed by atoms with Gasteiger partial charge in [0.25, 0.3) is 0 Å². The third kappa shape index (κ3) is 7.95. The molecule has 164 valence electrons. The number of benzene rings is 1. The van der Waals surface area contributed by atoms with Gasteiger partial charge in [0.1, 0.15) is 12.4 Å². The van der Waals surface area contributed by atoms with E-state index in [0.29, 0.717) is 19.1 Å². The molecule has 3 rings (SSSR count). The van der Waals surface area contributed by atoms with Gasteiger partial charge in [0.15, 0.2) is 0 Å². The minimum Gasteiger partial charge on any atom is -0.468 e. The Hall–Kier alpha value is -2.12. The zero-order valence-electron chi connectivity index (χ0n) is 17.8. The Bertz CT molecular complexity index is 760. The highest BCUT2D eigenvalue weighted by Gasteiger charge is 2.19. The van der Waals surface area contributed by atoms with Gasteiger partial charge in [-0.15, -0.1) is 11.8 Å². The fourth-order valence-corrected chi connectivity index (χ4v) is 4.26. The molecule has 1 amide bonds. The van der Waals surface area contributed by atoms with Crippen molar-refractivity contribution < 1.29 is 18.7 Å². The van der Waals surface area contributed by atoms with E-state index in [0.717, 1.165) is 43.1 Å². The van der Waals surface area contributed by atoms with Crippen molar-refractivity contribution in [1.82, 2.24) is 5.32 Å². The number of thioether (sulfide) groups is 1. The molecule has 2 aromatic rings. The number of amides is 1. The second kappa shape index (κ2) is 11.9. The standard InChI is InChI=1S/C23H32N2O4S/c1-17(2)12-19(25-23(26)29-15-20-7-4-10-27-20)14-24-18-6-3-9-22(13-18)30-16-21-8-5-11-28-21/h3,5-6,8-9,11,13,17,19-20,24H,4,7,10,12,14-16H2,1-2H3,(H,25,26). The first kappa shape index (κ1) is 22.6. The number of hydrogen-bond donors (Lipinski definition) is 2. The van der Waals surface area contributed by atoms with Crippen LogP contribution >= 0.6 is 11.8 Å². The largest absolute Gasteiger partial charge is 0.468 e. The van der Waals surface area contributed by atoms with Gasteiger partial charge in [-0.1, -0.05) is 19.9 Å². The van der Waals surface area contributed by atoms with E-state index < -0.39 is 0 Å². The number of rotatable bonds is 11. The van der Waals surface area contributed by atoms with Gasteiger partial charge in [0, 0.05) is 29.8 Å². The number of carbonyl (C=O) groups excluding carboxylic acids is 1. The average Bonchev–Trinajstić information content (AvgIpc) is 3.43. The third-order valence-electron chi connectivity index (χ3n) is 4.85. The lowest BCUT2D eigenvalue weighted by atomic mass is 10.0. The van der Waals surface area contributed by atoms with Gasteiger partial charge in [-0.2, -0.15) is 0 Å². The maximum Gasteiger partial charge on any atom is 0.407 e. The predicted octanol–water partition coefficient (Wildman–Crippen LogP) is 5.30. The summed E-state index contributed by atoms with van der Waals surface area (Å²) in [7, 11) is 0. The van der Waals surface area contributed by atoms with Crippen LogP contribution in [0.15, 0.2) is 52.0 Å². The zero-order valence-corrected chi connectivity index (χ0v) is 18.6. The number of anilines is 1. The monoisotopic (exact) mass is 432 g/mol. The molecule has 2 heterocycles. The minimum atomic E-state index is -0.374. The lowest BCUT2D eigenvalue weighted by molar-refractivity contribution is 0.0428. The number of hydrogen-bond acceptors (Lipinski definition) is 6. The van der Waals surface area contributed by atoms with E-state index in [1.54, 1.807) is 18.0 Å². The Labute approximate surface area is 183 Å². The number of furan rings is 1. The van der Waals surface area contributed by atoms with Gasteiger partial charge >= 0.3 is 6.09 Å². The summed E-state index contributed by atoms with van der Waals surface area (Å²) in [6.45, 7) is 6.02. The van der Waals surface area contributed by atoms with Crippen molar-refractivity contribution in [2.24, 2.45) is 5.92 Å². The fraction of sp³-hybridized carbons (Fsp3) is 0.522. The molecule has 2 unspecified atom stereocenters. The van der Waals surface area contributed by atoms with Crippen LogP contribution in [0.25, 0.3) is 0 Å². The minimum absolute atomic E-state index is 0.0126. The van der Waals surface area contributed by atoms with Gasteiger partial charge in [-0.25, -0.2) is 4.79 Å². The highest BCUT2D eigenvalue weighted by Crippen LogP contribution is 2.25. The summed E-state index contributed by atoms with van der Waals surface area (Å²) in [4.78, 5) is 13.4. The topological polar surface area (TPSA) is 72.7 Å². The molecule has 0 radical (unpaired) electrons. The molecular weight excluding hydrogens is 400 g/mol. The Morgan fingerprint density at radius 1 is 1.30 bits per heavy atom. The van der Waals surface area contributed by atoms with Crippen LogP contribution in [-0.4, -0.2) is 38.0 Å². The Morgan fingerprint density at radius 2 is 2.20 bits per heavy atom. The summed E-state index contributed by atoms with van der Waals surface area (Å²) >= 11 is 1.73. The summed E-state index contributed by atoms with van der Waals surface area (Å²) in [6.07, 6.45) is 4.23. The van der Waals surface area contributed by atoms with Crippen LogP contribution in [-0.2, 0) is 15.2 Å². The van der Waals surface area contributed by atoms with Crippen LogP contribution < -0.4 is 10.6 Å². The first-order valence-electron chi connectivity index (χ1n) is 10.6. The van der Waals surface area contributed by atoms with Gasteiger partial charge < -0.3 is 24.5 Å². The van der Waals surface area contributed by atoms with E-state index in [9.17, 15) is 4.79 Å². The fourth-order valence-electron chi connectivity index (χ4n) is 3.40. The molecule has 7 heteroatoms. The van der Waals surface area contributed by atoms with E-state index in [-0.39, 0.29) is 18.2 Å². The summed E-state index contributed by atoms with van der Waals surface area (Å²) in [6, 6.07) is 12.2. The highest BCUT2D eigenvalue weighted by molar-refractivity contribution is 7.98. The molecule has 0 bridgehead atoms. The SMILES string of the molecule is CC(C)CC(CNc1cccc(SCc2ccco2)c1)NC(=O)OCC1CCCO1. The smallest absolute Gasteiger partial charge is 0.407 e. The average molecular weight is 433 g/mol. The first-order valence-corrected chi connectivity index (χ1v) is 11.6. The first-order chi connectivity index (χ1) is 14.6. The summed E-state index contributed by atoms with van der Waals surface area (Å²) in [5.41, 5.74) is 1.03. The lowest BCUT2D eigenvalue weighted by Crippen LogP contribution is -2.41. The number of ether oxygens (including phenoxy) is 2. The lowest BCUT2D eigenvalue weighted by Gasteiger charge is -2.22. The van der Waals surface area contributed by atoms with Crippen LogP contribution in [0.3, 0.4) is 0 Å². The molecule has 0 spiro atoms.